The van der Waals surface area contributed by atoms with Gasteiger partial charge in [0.05, 0.1) is 6.10 Å². The van der Waals surface area contributed by atoms with Crippen molar-refractivity contribution in [3.63, 3.8) is 0 Å². The number of hydrogen-bond donors (Lipinski definition) is 1. The maximum Gasteiger partial charge on any atom is 0.125 e. The number of thiophene rings is 1. The summed E-state index contributed by atoms with van der Waals surface area (Å²) < 4.78 is 6.67. The molecule has 17 heavy (non-hydrogen) atoms. The summed E-state index contributed by atoms with van der Waals surface area (Å²) in [6.45, 7) is 2.28. The summed E-state index contributed by atoms with van der Waals surface area (Å²) in [7, 11) is 0. The Kier molecular flexibility index (Phi) is 4.20. The van der Waals surface area contributed by atoms with E-state index in [2.05, 4.69) is 15.9 Å². The summed E-state index contributed by atoms with van der Waals surface area (Å²) in [5.41, 5.74) is 0.802. The summed E-state index contributed by atoms with van der Waals surface area (Å²) in [4.78, 5) is 1.17. The number of rotatable bonds is 4. The zero-order valence-electron chi connectivity index (χ0n) is 9.39. The van der Waals surface area contributed by atoms with E-state index < -0.39 is 6.10 Å². The van der Waals surface area contributed by atoms with E-state index in [1.54, 1.807) is 18.3 Å². The van der Waals surface area contributed by atoms with Crippen molar-refractivity contribution in [2.24, 2.45) is 0 Å². The van der Waals surface area contributed by atoms with Crippen LogP contribution in [0, 0.1) is 0 Å². The van der Waals surface area contributed by atoms with Crippen LogP contribution < -0.4 is 4.74 Å². The minimum absolute atomic E-state index is 0.536. The molecule has 0 saturated heterocycles. The Bertz CT molecular complexity index is 480. The Labute approximate surface area is 113 Å². The van der Waals surface area contributed by atoms with E-state index in [1.807, 2.05) is 35.7 Å². The van der Waals surface area contributed by atoms with E-state index in [0.29, 0.717) is 6.61 Å². The first-order valence-corrected chi connectivity index (χ1v) is 6.97. The molecule has 0 spiro atoms. The lowest BCUT2D eigenvalue weighted by molar-refractivity contribution is 0.190. The number of aliphatic hydroxyl groups excluding tert-OH is 1. The third kappa shape index (κ3) is 3.31. The predicted octanol–water partition coefficient (Wildman–Crippen LogP) is 4.14. The molecule has 0 bridgehead atoms. The fourth-order valence-corrected chi connectivity index (χ4v) is 2.52. The van der Waals surface area contributed by atoms with E-state index >= 15 is 0 Å². The van der Waals surface area contributed by atoms with E-state index in [4.69, 9.17) is 4.74 Å². The first-order valence-electron chi connectivity index (χ1n) is 5.29. The number of hydrogen-bond acceptors (Lipinski definition) is 3. The van der Waals surface area contributed by atoms with Crippen LogP contribution in [0.4, 0.5) is 0 Å². The molecule has 1 aromatic heterocycles. The SMILES string of the molecule is CC(O)c1cc(Br)ccc1OCc1cccs1. The zero-order valence-corrected chi connectivity index (χ0v) is 11.8. The lowest BCUT2D eigenvalue weighted by atomic mass is 10.1. The van der Waals surface area contributed by atoms with Crippen LogP contribution >= 0.6 is 27.3 Å². The molecule has 1 unspecified atom stereocenters. The van der Waals surface area contributed by atoms with Gasteiger partial charge in [-0.3, -0.25) is 0 Å². The van der Waals surface area contributed by atoms with Gasteiger partial charge in [0.2, 0.25) is 0 Å². The van der Waals surface area contributed by atoms with E-state index in [9.17, 15) is 5.11 Å². The smallest absolute Gasteiger partial charge is 0.125 e. The van der Waals surface area contributed by atoms with Crippen LogP contribution in [-0.2, 0) is 6.61 Å². The molecule has 0 radical (unpaired) electrons. The van der Waals surface area contributed by atoms with Crippen molar-refractivity contribution < 1.29 is 9.84 Å². The topological polar surface area (TPSA) is 29.5 Å². The molecule has 0 aliphatic heterocycles. The van der Waals surface area contributed by atoms with Gasteiger partial charge in [-0.25, -0.2) is 0 Å². The molecule has 0 aliphatic carbocycles. The molecule has 2 nitrogen and oxygen atoms in total. The highest BCUT2D eigenvalue weighted by Crippen LogP contribution is 2.29. The minimum Gasteiger partial charge on any atom is -0.488 e. The largest absolute Gasteiger partial charge is 0.488 e. The zero-order chi connectivity index (χ0) is 12.3. The van der Waals surface area contributed by atoms with Crippen molar-refractivity contribution in [2.75, 3.05) is 0 Å². The summed E-state index contributed by atoms with van der Waals surface area (Å²) in [6.07, 6.45) is -0.536. The van der Waals surface area contributed by atoms with E-state index in [1.165, 1.54) is 4.88 Å². The maximum atomic E-state index is 9.69. The number of ether oxygens (including phenoxy) is 1. The van der Waals surface area contributed by atoms with Gasteiger partial charge in [0.1, 0.15) is 12.4 Å². The molecular weight excluding hydrogens is 300 g/mol. The van der Waals surface area contributed by atoms with Crippen LogP contribution in [0.15, 0.2) is 40.2 Å². The van der Waals surface area contributed by atoms with Crippen molar-refractivity contribution >= 4 is 27.3 Å². The van der Waals surface area contributed by atoms with Gasteiger partial charge >= 0.3 is 0 Å². The van der Waals surface area contributed by atoms with Gasteiger partial charge in [-0.05, 0) is 36.6 Å². The van der Waals surface area contributed by atoms with Gasteiger partial charge in [0, 0.05) is 14.9 Å². The molecule has 1 N–H and O–H groups in total. The average Bonchev–Trinajstić information content (AvgIpc) is 2.80. The van der Waals surface area contributed by atoms with Gasteiger partial charge < -0.3 is 9.84 Å². The first-order chi connectivity index (χ1) is 8.16. The molecule has 4 heteroatoms. The minimum atomic E-state index is -0.536. The number of aliphatic hydroxyl groups is 1. The summed E-state index contributed by atoms with van der Waals surface area (Å²) in [6, 6.07) is 9.70. The van der Waals surface area contributed by atoms with Gasteiger partial charge in [-0.15, -0.1) is 11.3 Å². The van der Waals surface area contributed by atoms with Crippen LogP contribution in [0.25, 0.3) is 0 Å². The van der Waals surface area contributed by atoms with E-state index in [0.717, 1.165) is 15.8 Å². The Morgan fingerprint density at radius 1 is 1.41 bits per heavy atom. The molecule has 1 heterocycles. The van der Waals surface area contributed by atoms with Crippen LogP contribution in [-0.4, -0.2) is 5.11 Å². The van der Waals surface area contributed by atoms with Crippen molar-refractivity contribution in [1.82, 2.24) is 0 Å². The van der Waals surface area contributed by atoms with Crippen molar-refractivity contribution in [3.05, 3.63) is 50.6 Å². The molecule has 2 rings (SSSR count). The summed E-state index contributed by atoms with van der Waals surface area (Å²) in [5, 5.41) is 11.7. The second-order valence-electron chi connectivity index (χ2n) is 3.73. The van der Waals surface area contributed by atoms with Crippen molar-refractivity contribution in [3.8, 4) is 5.75 Å². The highest BCUT2D eigenvalue weighted by molar-refractivity contribution is 9.10. The molecule has 0 fully saturated rings. The Balaban J connectivity index is 2.14. The lowest BCUT2D eigenvalue weighted by Crippen LogP contribution is -2.00. The molecule has 1 aromatic carbocycles. The Hall–Kier alpha value is -0.840. The van der Waals surface area contributed by atoms with Gasteiger partial charge in [-0.1, -0.05) is 22.0 Å². The monoisotopic (exact) mass is 312 g/mol. The highest BCUT2D eigenvalue weighted by atomic mass is 79.9. The van der Waals surface area contributed by atoms with Gasteiger partial charge in [-0.2, -0.15) is 0 Å². The second kappa shape index (κ2) is 5.67. The molecular formula is C13H13BrO2S. The number of benzene rings is 1. The molecule has 0 amide bonds. The van der Waals surface area contributed by atoms with Crippen molar-refractivity contribution in [1.29, 1.82) is 0 Å². The van der Waals surface area contributed by atoms with Crippen LogP contribution in [0.2, 0.25) is 0 Å². The van der Waals surface area contributed by atoms with Crippen LogP contribution in [0.1, 0.15) is 23.5 Å². The first kappa shape index (κ1) is 12.6. The van der Waals surface area contributed by atoms with Crippen molar-refractivity contribution in [2.45, 2.75) is 19.6 Å². The van der Waals surface area contributed by atoms with Gasteiger partial charge in [0.25, 0.3) is 0 Å². The fraction of sp³-hybridized carbons (Fsp3) is 0.231. The highest BCUT2D eigenvalue weighted by Gasteiger charge is 2.10. The third-order valence-corrected chi connectivity index (χ3v) is 3.72. The maximum absolute atomic E-state index is 9.69. The normalized spacial score (nSPS) is 12.4. The Morgan fingerprint density at radius 2 is 2.24 bits per heavy atom. The van der Waals surface area contributed by atoms with Crippen LogP contribution in [0.3, 0.4) is 0 Å². The molecule has 90 valence electrons. The van der Waals surface area contributed by atoms with E-state index in [-0.39, 0.29) is 0 Å². The fourth-order valence-electron chi connectivity index (χ4n) is 1.52. The van der Waals surface area contributed by atoms with Gasteiger partial charge in [0.15, 0.2) is 0 Å². The Morgan fingerprint density at radius 3 is 2.88 bits per heavy atom. The summed E-state index contributed by atoms with van der Waals surface area (Å²) >= 11 is 5.05. The standard InChI is InChI=1S/C13H13BrO2S/c1-9(15)12-7-10(14)4-5-13(12)16-8-11-3-2-6-17-11/h2-7,9,15H,8H2,1H3. The molecule has 0 aliphatic rings. The molecule has 0 saturated carbocycles. The third-order valence-electron chi connectivity index (χ3n) is 2.37. The lowest BCUT2D eigenvalue weighted by Gasteiger charge is -2.13. The quantitative estimate of drug-likeness (QED) is 0.919. The molecule has 1 atom stereocenters. The predicted molar refractivity (Wildman–Crippen MR) is 73.4 cm³/mol. The number of halogens is 1. The second-order valence-corrected chi connectivity index (χ2v) is 5.67. The van der Waals surface area contributed by atoms with Crippen LogP contribution in [0.5, 0.6) is 5.75 Å². The molecule has 2 aromatic rings. The summed E-state index contributed by atoms with van der Waals surface area (Å²) in [5.74, 6) is 0.733. The average molecular weight is 313 g/mol.